The van der Waals surface area contributed by atoms with Gasteiger partial charge in [-0.15, -0.1) is 5.10 Å². The maximum absolute atomic E-state index is 11.1. The van der Waals surface area contributed by atoms with E-state index in [2.05, 4.69) is 56.8 Å². The minimum atomic E-state index is -0.566. The van der Waals surface area contributed by atoms with Crippen LogP contribution in [-0.2, 0) is 6.42 Å². The van der Waals surface area contributed by atoms with Crippen LogP contribution in [0, 0.1) is 0 Å². The van der Waals surface area contributed by atoms with Gasteiger partial charge in [0.25, 0.3) is 0 Å². The van der Waals surface area contributed by atoms with Crippen LogP contribution in [0.2, 0.25) is 0 Å². The van der Waals surface area contributed by atoms with Gasteiger partial charge in [0.05, 0.1) is 32.1 Å². The van der Waals surface area contributed by atoms with Crippen LogP contribution in [0.15, 0.2) is 78.0 Å². The quantitative estimate of drug-likeness (QED) is 0.346. The van der Waals surface area contributed by atoms with Crippen molar-refractivity contribution >= 4 is 11.8 Å². The zero-order chi connectivity index (χ0) is 24.9. The first-order valence-corrected chi connectivity index (χ1v) is 12.8. The SMILES string of the molecule is COc1cc2c(cc1OC)C(c1ccccc1)N(CC(O)CSc1nnnn1-c1ccccc1)CC2. The van der Waals surface area contributed by atoms with E-state index in [0.717, 1.165) is 24.4 Å². The van der Waals surface area contributed by atoms with Crippen molar-refractivity contribution in [2.45, 2.75) is 23.7 Å². The van der Waals surface area contributed by atoms with Crippen LogP contribution in [0.3, 0.4) is 0 Å². The highest BCUT2D eigenvalue weighted by atomic mass is 32.2. The summed E-state index contributed by atoms with van der Waals surface area (Å²) in [6, 6.07) is 24.3. The number of para-hydroxylation sites is 1. The summed E-state index contributed by atoms with van der Waals surface area (Å²) in [5, 5.41) is 23.8. The molecule has 9 heteroatoms. The number of benzene rings is 3. The number of hydrogen-bond donors (Lipinski definition) is 1. The normalized spacial score (nSPS) is 16.4. The first-order chi connectivity index (χ1) is 17.7. The van der Waals surface area contributed by atoms with Crippen LogP contribution in [0.1, 0.15) is 22.7 Å². The van der Waals surface area contributed by atoms with Gasteiger partial charge in [0.1, 0.15) is 0 Å². The average Bonchev–Trinajstić information content (AvgIpc) is 3.40. The fraction of sp³-hybridized carbons (Fsp3) is 0.296. The summed E-state index contributed by atoms with van der Waals surface area (Å²) in [5.74, 6) is 1.93. The monoisotopic (exact) mass is 503 g/mol. The largest absolute Gasteiger partial charge is 0.493 e. The summed E-state index contributed by atoms with van der Waals surface area (Å²) >= 11 is 1.45. The lowest BCUT2D eigenvalue weighted by molar-refractivity contribution is 0.107. The summed E-state index contributed by atoms with van der Waals surface area (Å²) in [7, 11) is 3.32. The molecule has 0 saturated heterocycles. The van der Waals surface area contributed by atoms with Gasteiger partial charge in [0.15, 0.2) is 11.5 Å². The second-order valence-electron chi connectivity index (χ2n) is 8.64. The third-order valence-electron chi connectivity index (χ3n) is 6.38. The van der Waals surface area contributed by atoms with E-state index in [0.29, 0.717) is 23.2 Å². The maximum Gasteiger partial charge on any atom is 0.214 e. The van der Waals surface area contributed by atoms with E-state index in [1.54, 1.807) is 18.9 Å². The number of ether oxygens (including phenoxy) is 2. The Hall–Kier alpha value is -3.40. The molecule has 8 nitrogen and oxygen atoms in total. The molecule has 2 unspecified atom stereocenters. The van der Waals surface area contributed by atoms with E-state index in [-0.39, 0.29) is 6.04 Å². The lowest BCUT2D eigenvalue weighted by Gasteiger charge is -2.39. The first kappa shape index (κ1) is 24.3. The van der Waals surface area contributed by atoms with Gasteiger partial charge in [-0.1, -0.05) is 60.3 Å². The number of nitrogens with zero attached hydrogens (tertiary/aromatic N) is 5. The van der Waals surface area contributed by atoms with Crippen molar-refractivity contribution in [1.29, 1.82) is 0 Å². The van der Waals surface area contributed by atoms with E-state index >= 15 is 0 Å². The highest BCUT2D eigenvalue weighted by molar-refractivity contribution is 7.99. The Labute approximate surface area is 214 Å². The van der Waals surface area contributed by atoms with Crippen molar-refractivity contribution in [2.75, 3.05) is 33.1 Å². The summed E-state index contributed by atoms with van der Waals surface area (Å²) in [6.45, 7) is 1.35. The molecule has 0 aliphatic carbocycles. The molecular weight excluding hydrogens is 474 g/mol. The van der Waals surface area contributed by atoms with Gasteiger partial charge in [-0.2, -0.15) is 4.68 Å². The molecule has 0 radical (unpaired) electrons. The number of rotatable bonds is 9. The molecule has 1 N–H and O–H groups in total. The highest BCUT2D eigenvalue weighted by Gasteiger charge is 2.31. The van der Waals surface area contributed by atoms with Gasteiger partial charge in [0, 0.05) is 18.8 Å². The zero-order valence-corrected chi connectivity index (χ0v) is 21.1. The van der Waals surface area contributed by atoms with Crippen LogP contribution >= 0.6 is 11.8 Å². The molecule has 0 spiro atoms. The van der Waals surface area contributed by atoms with Crippen molar-refractivity contribution < 1.29 is 14.6 Å². The van der Waals surface area contributed by atoms with E-state index < -0.39 is 6.10 Å². The van der Waals surface area contributed by atoms with E-state index in [1.165, 1.54) is 28.5 Å². The third-order valence-corrected chi connectivity index (χ3v) is 7.44. The molecule has 1 aliphatic heterocycles. The Balaban J connectivity index is 1.35. The van der Waals surface area contributed by atoms with Crippen molar-refractivity contribution in [2.24, 2.45) is 0 Å². The molecule has 0 fully saturated rings. The number of fused-ring (bicyclic) bond motifs is 1. The molecule has 36 heavy (non-hydrogen) atoms. The number of tetrazole rings is 1. The van der Waals surface area contributed by atoms with E-state index in [9.17, 15) is 5.11 Å². The highest BCUT2D eigenvalue weighted by Crippen LogP contribution is 2.41. The second-order valence-corrected chi connectivity index (χ2v) is 9.62. The minimum Gasteiger partial charge on any atom is -0.493 e. The predicted molar refractivity (Wildman–Crippen MR) is 139 cm³/mol. The summed E-state index contributed by atoms with van der Waals surface area (Å²) in [4.78, 5) is 2.34. The molecule has 2 atom stereocenters. The molecule has 3 aromatic carbocycles. The summed E-state index contributed by atoms with van der Waals surface area (Å²) in [6.07, 6.45) is 0.300. The van der Waals surface area contributed by atoms with Crippen LogP contribution in [0.4, 0.5) is 0 Å². The van der Waals surface area contributed by atoms with Crippen LogP contribution in [-0.4, -0.2) is 69.4 Å². The summed E-state index contributed by atoms with van der Waals surface area (Å²) in [5.41, 5.74) is 4.49. The topological polar surface area (TPSA) is 85.5 Å². The smallest absolute Gasteiger partial charge is 0.214 e. The van der Waals surface area contributed by atoms with Gasteiger partial charge in [-0.25, -0.2) is 0 Å². The number of aromatic nitrogens is 4. The Kier molecular flexibility index (Phi) is 7.50. The van der Waals surface area contributed by atoms with Gasteiger partial charge in [0.2, 0.25) is 5.16 Å². The standard InChI is InChI=1S/C27H29N5O3S/c1-34-24-15-20-13-14-31(26(19-9-5-3-6-10-19)23(20)16-25(24)35-2)17-22(33)18-36-27-28-29-30-32(27)21-11-7-4-8-12-21/h3-12,15-16,22,26,33H,13-14,17-18H2,1-2H3. The maximum atomic E-state index is 11.1. The molecule has 2 heterocycles. The van der Waals surface area contributed by atoms with Gasteiger partial charge < -0.3 is 14.6 Å². The number of hydrogen-bond acceptors (Lipinski definition) is 8. The van der Waals surface area contributed by atoms with Crippen LogP contribution in [0.5, 0.6) is 11.5 Å². The lowest BCUT2D eigenvalue weighted by atomic mass is 9.87. The molecule has 1 aliphatic rings. The number of thioether (sulfide) groups is 1. The van der Waals surface area contributed by atoms with E-state index in [4.69, 9.17) is 9.47 Å². The van der Waals surface area contributed by atoms with Crippen molar-refractivity contribution in [3.05, 3.63) is 89.5 Å². The fourth-order valence-electron chi connectivity index (χ4n) is 4.71. The summed E-state index contributed by atoms with van der Waals surface area (Å²) < 4.78 is 12.9. The number of methoxy groups -OCH3 is 2. The molecule has 1 aromatic heterocycles. The Morgan fingerprint density at radius 2 is 1.69 bits per heavy atom. The molecular formula is C27H29N5O3S. The number of aliphatic hydroxyl groups excluding tert-OH is 1. The average molecular weight is 504 g/mol. The Morgan fingerprint density at radius 3 is 2.42 bits per heavy atom. The second kappa shape index (κ2) is 11.1. The molecule has 0 bridgehead atoms. The van der Waals surface area contributed by atoms with Crippen LogP contribution in [0.25, 0.3) is 5.69 Å². The fourth-order valence-corrected chi connectivity index (χ4v) is 5.52. The van der Waals surface area contributed by atoms with Gasteiger partial charge in [-0.05, 0) is 57.8 Å². The van der Waals surface area contributed by atoms with Gasteiger partial charge in [-0.3, -0.25) is 4.90 Å². The Morgan fingerprint density at radius 1 is 1.00 bits per heavy atom. The van der Waals surface area contributed by atoms with Crippen LogP contribution < -0.4 is 9.47 Å². The lowest BCUT2D eigenvalue weighted by Crippen LogP contribution is -2.41. The Bertz CT molecular complexity index is 1290. The molecule has 0 amide bonds. The predicted octanol–water partition coefficient (Wildman–Crippen LogP) is 3.78. The van der Waals surface area contributed by atoms with Crippen molar-refractivity contribution in [3.8, 4) is 17.2 Å². The van der Waals surface area contributed by atoms with Gasteiger partial charge >= 0.3 is 0 Å². The van der Waals surface area contributed by atoms with E-state index in [1.807, 2.05) is 36.4 Å². The van der Waals surface area contributed by atoms with Crippen molar-refractivity contribution in [1.82, 2.24) is 25.1 Å². The molecule has 4 aromatic rings. The first-order valence-electron chi connectivity index (χ1n) is 11.9. The zero-order valence-electron chi connectivity index (χ0n) is 20.3. The molecule has 5 rings (SSSR count). The minimum absolute atomic E-state index is 0.00374. The number of aliphatic hydroxyl groups is 1. The number of β-amino-alcohol motifs (C(OH)–C–C–N with tert-alkyl or cyclic N) is 1. The van der Waals surface area contributed by atoms with Crippen molar-refractivity contribution in [3.63, 3.8) is 0 Å². The third kappa shape index (κ3) is 5.09. The molecule has 0 saturated carbocycles. The molecule has 186 valence electrons.